The van der Waals surface area contributed by atoms with E-state index in [1.807, 2.05) is 0 Å². The second-order valence-electron chi connectivity index (χ2n) is 7.79. The number of rotatable bonds is 12. The molecule has 8 nitrogen and oxygen atoms in total. The highest BCUT2D eigenvalue weighted by atomic mass is 16.6. The standard InChI is InChI=1S/C21H34N2O6/c1-21(2,3)29-20(26)22-14-16-9-11-17(12-10-16)19(25)23-28-13-7-5-6-8-18(24)15-27-4/h9-12,18,24H,5-8,13-15H2,1-4H3,(H,22,26)(H,23,25). The lowest BCUT2D eigenvalue weighted by Crippen LogP contribution is -2.32. The van der Waals surface area contributed by atoms with Gasteiger partial charge >= 0.3 is 6.09 Å². The van der Waals surface area contributed by atoms with Gasteiger partial charge in [-0.3, -0.25) is 9.63 Å². The molecule has 1 aromatic rings. The predicted octanol–water partition coefficient (Wildman–Crippen LogP) is 2.94. The second kappa shape index (κ2) is 13.1. The molecule has 0 aliphatic heterocycles. The quantitative estimate of drug-likeness (QED) is 0.361. The number of nitrogens with one attached hydrogen (secondary N) is 2. The van der Waals surface area contributed by atoms with Crippen LogP contribution >= 0.6 is 0 Å². The van der Waals surface area contributed by atoms with E-state index in [4.69, 9.17) is 14.3 Å². The molecular formula is C21H34N2O6. The average Bonchev–Trinajstić information content (AvgIpc) is 2.64. The van der Waals surface area contributed by atoms with Gasteiger partial charge in [0, 0.05) is 19.2 Å². The maximum Gasteiger partial charge on any atom is 0.407 e. The zero-order chi connectivity index (χ0) is 21.7. The van der Waals surface area contributed by atoms with Crippen molar-refractivity contribution in [3.8, 4) is 0 Å². The van der Waals surface area contributed by atoms with Crippen LogP contribution in [0.5, 0.6) is 0 Å². The third-order valence-electron chi connectivity index (χ3n) is 3.86. The number of carbonyl (C=O) groups is 2. The molecule has 2 amide bonds. The molecule has 0 spiro atoms. The number of alkyl carbamates (subject to hydrolysis) is 1. The first kappa shape index (κ1) is 24.9. The van der Waals surface area contributed by atoms with Crippen LogP contribution in [0.2, 0.25) is 0 Å². The van der Waals surface area contributed by atoms with Crippen molar-refractivity contribution in [3.05, 3.63) is 35.4 Å². The molecule has 1 aromatic carbocycles. The molecule has 0 aliphatic carbocycles. The molecule has 29 heavy (non-hydrogen) atoms. The van der Waals surface area contributed by atoms with Crippen LogP contribution < -0.4 is 10.8 Å². The smallest absolute Gasteiger partial charge is 0.407 e. The van der Waals surface area contributed by atoms with Crippen LogP contribution in [-0.2, 0) is 20.9 Å². The number of aliphatic hydroxyl groups excluding tert-OH is 1. The number of hydroxylamine groups is 1. The fourth-order valence-corrected chi connectivity index (χ4v) is 2.44. The number of amides is 2. The number of methoxy groups -OCH3 is 1. The number of benzene rings is 1. The van der Waals surface area contributed by atoms with Crippen molar-refractivity contribution in [1.29, 1.82) is 0 Å². The SMILES string of the molecule is COCC(O)CCCCCONC(=O)c1ccc(CNC(=O)OC(C)(C)C)cc1. The van der Waals surface area contributed by atoms with Crippen molar-refractivity contribution < 1.29 is 29.0 Å². The normalized spacial score (nSPS) is 12.3. The molecule has 1 atom stereocenters. The first-order chi connectivity index (χ1) is 13.7. The van der Waals surface area contributed by atoms with E-state index in [1.165, 1.54) is 0 Å². The molecule has 0 aliphatic rings. The largest absolute Gasteiger partial charge is 0.444 e. The molecule has 0 heterocycles. The third kappa shape index (κ3) is 12.1. The van der Waals surface area contributed by atoms with E-state index in [2.05, 4.69) is 10.8 Å². The van der Waals surface area contributed by atoms with E-state index in [1.54, 1.807) is 52.1 Å². The Morgan fingerprint density at radius 1 is 1.10 bits per heavy atom. The topological polar surface area (TPSA) is 106 Å². The Hall–Kier alpha value is -2.16. The average molecular weight is 411 g/mol. The second-order valence-corrected chi connectivity index (χ2v) is 7.79. The highest BCUT2D eigenvalue weighted by Gasteiger charge is 2.15. The van der Waals surface area contributed by atoms with Gasteiger partial charge in [-0.15, -0.1) is 0 Å². The summed E-state index contributed by atoms with van der Waals surface area (Å²) < 4.78 is 10.0. The molecule has 0 fully saturated rings. The van der Waals surface area contributed by atoms with Crippen molar-refractivity contribution in [2.45, 2.75) is 64.7 Å². The van der Waals surface area contributed by atoms with Crippen molar-refractivity contribution in [1.82, 2.24) is 10.8 Å². The zero-order valence-electron chi connectivity index (χ0n) is 17.8. The number of ether oxygens (including phenoxy) is 2. The molecule has 1 unspecified atom stereocenters. The van der Waals surface area contributed by atoms with E-state index in [9.17, 15) is 14.7 Å². The van der Waals surface area contributed by atoms with Gasteiger partial charge in [0.15, 0.2) is 0 Å². The Balaban J connectivity index is 2.21. The summed E-state index contributed by atoms with van der Waals surface area (Å²) in [6.07, 6.45) is 2.34. The first-order valence-electron chi connectivity index (χ1n) is 9.86. The number of hydrogen-bond donors (Lipinski definition) is 3. The monoisotopic (exact) mass is 410 g/mol. The highest BCUT2D eigenvalue weighted by molar-refractivity contribution is 5.93. The number of unbranched alkanes of at least 4 members (excludes halogenated alkanes) is 2. The molecule has 1 rings (SSSR count). The van der Waals surface area contributed by atoms with E-state index in [0.717, 1.165) is 24.8 Å². The molecular weight excluding hydrogens is 376 g/mol. The fourth-order valence-electron chi connectivity index (χ4n) is 2.44. The van der Waals surface area contributed by atoms with Crippen LogP contribution in [0.3, 0.4) is 0 Å². The van der Waals surface area contributed by atoms with Gasteiger partial charge in [0.2, 0.25) is 0 Å². The van der Waals surface area contributed by atoms with E-state index < -0.39 is 17.8 Å². The van der Waals surface area contributed by atoms with Gasteiger partial charge in [-0.2, -0.15) is 0 Å². The summed E-state index contributed by atoms with van der Waals surface area (Å²) in [7, 11) is 1.56. The molecule has 0 saturated carbocycles. The Kier molecular flexibility index (Phi) is 11.3. The van der Waals surface area contributed by atoms with Gasteiger partial charge in [-0.25, -0.2) is 10.3 Å². The first-order valence-corrected chi connectivity index (χ1v) is 9.86. The summed E-state index contributed by atoms with van der Waals surface area (Å²) in [5, 5.41) is 12.2. The number of hydrogen-bond acceptors (Lipinski definition) is 6. The highest BCUT2D eigenvalue weighted by Crippen LogP contribution is 2.08. The molecule has 0 saturated heterocycles. The van der Waals surface area contributed by atoms with Gasteiger partial charge in [0.1, 0.15) is 5.60 Å². The van der Waals surface area contributed by atoms with Crippen LogP contribution in [0.4, 0.5) is 4.79 Å². The number of aliphatic hydroxyl groups is 1. The van der Waals surface area contributed by atoms with Crippen molar-refractivity contribution in [3.63, 3.8) is 0 Å². The van der Waals surface area contributed by atoms with E-state index in [0.29, 0.717) is 31.7 Å². The maximum absolute atomic E-state index is 12.1. The molecule has 0 aromatic heterocycles. The maximum atomic E-state index is 12.1. The van der Waals surface area contributed by atoms with Crippen LogP contribution in [0.15, 0.2) is 24.3 Å². The number of carbonyl (C=O) groups excluding carboxylic acids is 2. The Labute approximate surface area is 172 Å². The van der Waals surface area contributed by atoms with Crippen LogP contribution in [0, 0.1) is 0 Å². The van der Waals surface area contributed by atoms with Gasteiger partial charge in [0.25, 0.3) is 5.91 Å². The molecule has 0 bridgehead atoms. The molecule has 8 heteroatoms. The summed E-state index contributed by atoms with van der Waals surface area (Å²) in [5.74, 6) is -0.327. The lowest BCUT2D eigenvalue weighted by Gasteiger charge is -2.19. The minimum atomic E-state index is -0.544. The summed E-state index contributed by atoms with van der Waals surface area (Å²) in [4.78, 5) is 28.9. The molecule has 3 N–H and O–H groups in total. The van der Waals surface area contributed by atoms with E-state index in [-0.39, 0.29) is 5.91 Å². The summed E-state index contributed by atoms with van der Waals surface area (Å²) in [5.41, 5.74) is 3.19. The molecule has 0 radical (unpaired) electrons. The Morgan fingerprint density at radius 2 is 1.79 bits per heavy atom. The van der Waals surface area contributed by atoms with Crippen LogP contribution in [0.1, 0.15) is 62.4 Å². The van der Waals surface area contributed by atoms with Crippen molar-refractivity contribution >= 4 is 12.0 Å². The summed E-state index contributed by atoms with van der Waals surface area (Å²) in [6.45, 7) is 6.47. The third-order valence-corrected chi connectivity index (χ3v) is 3.86. The predicted molar refractivity (Wildman–Crippen MR) is 109 cm³/mol. The van der Waals surface area contributed by atoms with Crippen molar-refractivity contribution in [2.24, 2.45) is 0 Å². The Bertz CT molecular complexity index is 613. The van der Waals surface area contributed by atoms with E-state index >= 15 is 0 Å². The zero-order valence-corrected chi connectivity index (χ0v) is 17.8. The van der Waals surface area contributed by atoms with Gasteiger partial charge in [0.05, 0.1) is 19.3 Å². The minimum Gasteiger partial charge on any atom is -0.444 e. The molecule has 164 valence electrons. The minimum absolute atomic E-state index is 0.312. The fraction of sp³-hybridized carbons (Fsp3) is 0.619. The summed E-state index contributed by atoms with van der Waals surface area (Å²) >= 11 is 0. The van der Waals surface area contributed by atoms with Gasteiger partial charge in [-0.1, -0.05) is 25.0 Å². The van der Waals surface area contributed by atoms with Gasteiger partial charge < -0.3 is 19.9 Å². The Morgan fingerprint density at radius 3 is 2.41 bits per heavy atom. The van der Waals surface area contributed by atoms with Crippen molar-refractivity contribution in [2.75, 3.05) is 20.3 Å². The lowest BCUT2D eigenvalue weighted by molar-refractivity contribution is 0.0288. The van der Waals surface area contributed by atoms with Crippen LogP contribution in [0.25, 0.3) is 0 Å². The summed E-state index contributed by atoms with van der Waals surface area (Å²) in [6, 6.07) is 6.86. The lowest BCUT2D eigenvalue weighted by atomic mass is 10.1. The van der Waals surface area contributed by atoms with Gasteiger partial charge in [-0.05, 0) is 51.3 Å². The van der Waals surface area contributed by atoms with Crippen LogP contribution in [-0.4, -0.2) is 49.1 Å².